The molecule has 0 aromatic carbocycles. The summed E-state index contributed by atoms with van der Waals surface area (Å²) in [5, 5.41) is 31.7. The van der Waals surface area contributed by atoms with Crippen molar-refractivity contribution < 1.29 is 48.6 Å². The summed E-state index contributed by atoms with van der Waals surface area (Å²) in [5.74, 6) is -1.53. The zero-order valence-corrected chi connectivity index (χ0v) is 22.9. The van der Waals surface area contributed by atoms with E-state index < -0.39 is 70.9 Å². The minimum atomic E-state index is -0.969. The number of carbonyl (C=O) groups is 2. The molecule has 0 aromatic heterocycles. The smallest absolute Gasteiger partial charge is 0.331 e. The first-order chi connectivity index (χ1) is 18.4. The van der Waals surface area contributed by atoms with E-state index in [-0.39, 0.29) is 32.2 Å². The normalized spacial score (nSPS) is 49.0. The summed E-state index contributed by atoms with van der Waals surface area (Å²) in [7, 11) is 0. The molecule has 2 bridgehead atoms. The molecule has 3 fully saturated rings. The minimum Gasteiger partial charge on any atom is -0.465 e. The van der Waals surface area contributed by atoms with Gasteiger partial charge in [0.1, 0.15) is 24.4 Å². The van der Waals surface area contributed by atoms with Crippen LogP contribution in [-0.2, 0) is 33.3 Å². The molecule has 5 aliphatic rings. The largest absolute Gasteiger partial charge is 0.465 e. The molecule has 39 heavy (non-hydrogen) atoms. The van der Waals surface area contributed by atoms with Crippen molar-refractivity contribution in [3.8, 4) is 0 Å². The van der Waals surface area contributed by atoms with E-state index in [9.17, 15) is 24.9 Å². The first-order valence-electron chi connectivity index (χ1n) is 13.8. The van der Waals surface area contributed by atoms with Crippen molar-refractivity contribution in [3.05, 3.63) is 36.0 Å². The van der Waals surface area contributed by atoms with Crippen LogP contribution in [0.5, 0.6) is 0 Å². The molecule has 5 rings (SSSR count). The number of ether oxygens (including phenoxy) is 5. The van der Waals surface area contributed by atoms with E-state index in [2.05, 4.69) is 0 Å². The lowest BCUT2D eigenvalue weighted by Gasteiger charge is -2.58. The Hall–Kier alpha value is -2.08. The number of esters is 2. The molecule has 0 aromatic rings. The molecule has 3 aliphatic heterocycles. The van der Waals surface area contributed by atoms with E-state index in [0.29, 0.717) is 13.0 Å². The topological polar surface area (TPSA) is 144 Å². The second-order valence-electron chi connectivity index (χ2n) is 12.1. The van der Waals surface area contributed by atoms with Gasteiger partial charge in [-0.05, 0) is 31.8 Å². The first-order valence-corrected chi connectivity index (χ1v) is 13.8. The minimum absolute atomic E-state index is 0.0547. The van der Waals surface area contributed by atoms with Gasteiger partial charge in [-0.2, -0.15) is 0 Å². The Bertz CT molecular complexity index is 1060. The first kappa shape index (κ1) is 28.4. The van der Waals surface area contributed by atoms with Crippen LogP contribution < -0.4 is 0 Å². The standard InChI is InChI=1S/C29H40O10/c1-16-9-23-28(12-19(16)31)14-36-26(34)10-17(2)20(32)13-35-21(18(3)30)7-5-6-8-25(33)39-22-11-24(38-23)29(15-37-29)27(22,28)4/h5-9,17-24,30-32H,10-15H2,1-4H3/b7-5-,8-6-/t17?,18?,19-,20?,21?,22?,23+,24+,27+,28+,29+/m0/s1. The number of allylic oxidation sites excluding steroid dienone is 2. The fourth-order valence-electron chi connectivity index (χ4n) is 7.02. The number of rotatable bonds is 1. The van der Waals surface area contributed by atoms with E-state index in [4.69, 9.17) is 23.7 Å². The molecule has 11 atom stereocenters. The third kappa shape index (κ3) is 4.69. The monoisotopic (exact) mass is 548 g/mol. The summed E-state index contributed by atoms with van der Waals surface area (Å²) in [4.78, 5) is 26.0. The summed E-state index contributed by atoms with van der Waals surface area (Å²) >= 11 is 0. The van der Waals surface area contributed by atoms with E-state index in [1.54, 1.807) is 26.0 Å². The molecule has 5 unspecified atom stereocenters. The molecule has 2 saturated heterocycles. The Morgan fingerprint density at radius 1 is 1.13 bits per heavy atom. The summed E-state index contributed by atoms with van der Waals surface area (Å²) in [6.45, 7) is 7.40. The lowest BCUT2D eigenvalue weighted by atomic mass is 9.51. The summed E-state index contributed by atoms with van der Waals surface area (Å²) in [5.41, 5.74) is -1.66. The Morgan fingerprint density at radius 2 is 1.87 bits per heavy atom. The van der Waals surface area contributed by atoms with Gasteiger partial charge in [0, 0.05) is 17.9 Å². The fraction of sp³-hybridized carbons (Fsp3) is 0.724. The van der Waals surface area contributed by atoms with E-state index in [0.717, 1.165) is 5.57 Å². The summed E-state index contributed by atoms with van der Waals surface area (Å²) in [6.07, 6.45) is 3.77. The van der Waals surface area contributed by atoms with Gasteiger partial charge in [-0.1, -0.05) is 38.2 Å². The van der Waals surface area contributed by atoms with Crippen molar-refractivity contribution in [2.75, 3.05) is 19.8 Å². The number of epoxide rings is 1. The Morgan fingerprint density at radius 3 is 2.56 bits per heavy atom. The highest BCUT2D eigenvalue weighted by molar-refractivity contribution is 5.82. The molecule has 2 spiro atoms. The third-order valence-corrected chi connectivity index (χ3v) is 9.79. The third-order valence-electron chi connectivity index (χ3n) is 9.79. The highest BCUT2D eigenvalue weighted by Crippen LogP contribution is 2.72. The highest BCUT2D eigenvalue weighted by Gasteiger charge is 2.83. The molecule has 1 saturated carbocycles. The lowest BCUT2D eigenvalue weighted by Crippen LogP contribution is -2.68. The van der Waals surface area contributed by atoms with Crippen molar-refractivity contribution in [2.45, 2.75) is 95.3 Å². The van der Waals surface area contributed by atoms with Gasteiger partial charge in [-0.25, -0.2) is 4.79 Å². The maximum absolute atomic E-state index is 13.1. The van der Waals surface area contributed by atoms with Gasteiger partial charge in [0.25, 0.3) is 0 Å². The van der Waals surface area contributed by atoms with Gasteiger partial charge in [0.15, 0.2) is 0 Å². The van der Waals surface area contributed by atoms with Crippen molar-refractivity contribution in [1.29, 1.82) is 0 Å². The van der Waals surface area contributed by atoms with Crippen molar-refractivity contribution in [1.82, 2.24) is 0 Å². The van der Waals surface area contributed by atoms with Gasteiger partial charge in [-0.3, -0.25) is 4.79 Å². The number of aliphatic hydroxyl groups is 3. The predicted molar refractivity (Wildman–Crippen MR) is 137 cm³/mol. The van der Waals surface area contributed by atoms with Crippen LogP contribution >= 0.6 is 0 Å². The molecular formula is C29H40O10. The Balaban J connectivity index is 1.52. The molecule has 216 valence electrons. The summed E-state index contributed by atoms with van der Waals surface area (Å²) in [6, 6.07) is 0. The maximum Gasteiger partial charge on any atom is 0.331 e. The van der Waals surface area contributed by atoms with E-state index >= 15 is 0 Å². The van der Waals surface area contributed by atoms with Crippen LogP contribution in [0.15, 0.2) is 36.0 Å². The van der Waals surface area contributed by atoms with Crippen LogP contribution in [0, 0.1) is 16.7 Å². The molecule has 3 N–H and O–H groups in total. The van der Waals surface area contributed by atoms with E-state index in [1.165, 1.54) is 12.2 Å². The quantitative estimate of drug-likeness (QED) is 0.250. The Kier molecular flexibility index (Phi) is 7.58. The maximum atomic E-state index is 13.1. The van der Waals surface area contributed by atoms with Crippen LogP contribution in [0.25, 0.3) is 0 Å². The van der Waals surface area contributed by atoms with Crippen molar-refractivity contribution >= 4 is 11.9 Å². The van der Waals surface area contributed by atoms with Crippen LogP contribution in [0.4, 0.5) is 0 Å². The molecule has 2 aliphatic carbocycles. The fourth-order valence-corrected chi connectivity index (χ4v) is 7.02. The molecular weight excluding hydrogens is 508 g/mol. The van der Waals surface area contributed by atoms with E-state index in [1.807, 2.05) is 19.9 Å². The van der Waals surface area contributed by atoms with Crippen LogP contribution in [-0.4, -0.2) is 95.4 Å². The zero-order chi connectivity index (χ0) is 28.2. The van der Waals surface area contributed by atoms with Crippen LogP contribution in [0.2, 0.25) is 0 Å². The van der Waals surface area contributed by atoms with Crippen LogP contribution in [0.3, 0.4) is 0 Å². The summed E-state index contributed by atoms with van der Waals surface area (Å²) < 4.78 is 30.2. The number of cyclic esters (lactones) is 1. The molecule has 0 amide bonds. The van der Waals surface area contributed by atoms with Crippen molar-refractivity contribution in [2.24, 2.45) is 16.7 Å². The van der Waals surface area contributed by atoms with Gasteiger partial charge >= 0.3 is 11.9 Å². The second kappa shape index (κ2) is 10.4. The van der Waals surface area contributed by atoms with Gasteiger partial charge in [0.2, 0.25) is 0 Å². The molecule has 10 nitrogen and oxygen atoms in total. The molecule has 3 heterocycles. The average molecular weight is 549 g/mol. The number of aliphatic hydroxyl groups excluding tert-OH is 3. The Labute approximate surface area is 228 Å². The predicted octanol–water partition coefficient (Wildman–Crippen LogP) is 1.36. The highest BCUT2D eigenvalue weighted by atomic mass is 16.6. The SMILES string of the molecule is CC1=C[C@H]2O[C@@H]3CC4OC(=O)/C=C\C=C/C(C(C)O)OCC(O)C(C)CC(=O)OC[C@@]2(C[C@@H]1O)[C@]4(C)[C@@]31CO1. The molecule has 10 heteroatoms. The number of hydrogen-bond donors (Lipinski definition) is 3. The average Bonchev–Trinajstić information content (AvgIpc) is 3.65. The lowest BCUT2D eigenvalue weighted by molar-refractivity contribution is -0.239. The number of hydrogen-bond acceptors (Lipinski definition) is 10. The van der Waals surface area contributed by atoms with Gasteiger partial charge in [-0.15, -0.1) is 0 Å². The molecule has 0 radical (unpaired) electrons. The van der Waals surface area contributed by atoms with Gasteiger partial charge in [0.05, 0.1) is 55.6 Å². The van der Waals surface area contributed by atoms with Crippen molar-refractivity contribution in [3.63, 3.8) is 0 Å². The second-order valence-corrected chi connectivity index (χ2v) is 12.1. The zero-order valence-electron chi connectivity index (χ0n) is 22.9. The number of carbonyl (C=O) groups excluding carboxylic acids is 2. The van der Waals surface area contributed by atoms with Crippen LogP contribution in [0.1, 0.15) is 47.0 Å². The van der Waals surface area contributed by atoms with Gasteiger partial charge < -0.3 is 39.0 Å².